The molecule has 1 aromatic heterocycles. The molecule has 5 heteroatoms. The third kappa shape index (κ3) is 2.63. The number of benzene rings is 1. The molecule has 0 bridgehead atoms. The molecule has 4 nitrogen and oxygen atoms in total. The fraction of sp³-hybridized carbons (Fsp3) is 0.100. The third-order valence-corrected chi connectivity index (χ3v) is 1.96. The monoisotopic (exact) mass is 224 g/mol. The van der Waals surface area contributed by atoms with E-state index in [0.29, 0.717) is 22.5 Å². The van der Waals surface area contributed by atoms with Crippen LogP contribution in [0, 0.1) is 0 Å². The van der Waals surface area contributed by atoms with Gasteiger partial charge in [-0.2, -0.15) is 4.98 Å². The fourth-order valence-corrected chi connectivity index (χ4v) is 1.27. The highest BCUT2D eigenvalue weighted by atomic mass is 35.5. The van der Waals surface area contributed by atoms with Gasteiger partial charge in [0.2, 0.25) is 5.89 Å². The van der Waals surface area contributed by atoms with Gasteiger partial charge in [0.25, 0.3) is 0 Å². The van der Waals surface area contributed by atoms with E-state index in [9.17, 15) is 0 Å². The van der Waals surface area contributed by atoms with Crippen molar-refractivity contribution in [1.29, 1.82) is 0 Å². The van der Waals surface area contributed by atoms with Gasteiger partial charge in [-0.15, -0.1) is 0 Å². The van der Waals surface area contributed by atoms with Gasteiger partial charge in [-0.05, 0) is 18.2 Å². The van der Waals surface area contributed by atoms with Gasteiger partial charge in [0.1, 0.15) is 12.0 Å². The lowest BCUT2D eigenvalue weighted by Gasteiger charge is -2.02. The van der Waals surface area contributed by atoms with Crippen LogP contribution in [-0.2, 0) is 6.61 Å². The second-order valence-corrected chi connectivity index (χ2v) is 3.35. The van der Waals surface area contributed by atoms with Gasteiger partial charge in [0.15, 0.2) is 12.4 Å². The smallest absolute Gasteiger partial charge is 0.234 e. The number of hydrogen-bond donors (Lipinski definition) is 1. The van der Waals surface area contributed by atoms with Gasteiger partial charge in [0, 0.05) is 5.02 Å². The fourth-order valence-electron chi connectivity index (χ4n) is 1.09. The Morgan fingerprint density at radius 1 is 1.47 bits per heavy atom. The van der Waals surface area contributed by atoms with Gasteiger partial charge >= 0.3 is 0 Å². The molecule has 2 aromatic rings. The molecule has 2 rings (SSSR count). The van der Waals surface area contributed by atoms with Crippen LogP contribution in [0.3, 0.4) is 0 Å². The molecule has 0 atom stereocenters. The van der Waals surface area contributed by atoms with Crippen molar-refractivity contribution >= 4 is 17.4 Å². The standard InChI is InChI=1S/C10H9ClN2O2/c11-7-2-1-3-8(4-7)14-6-10-13-9(12)5-15-10/h1-5H,6,12H2. The Morgan fingerprint density at radius 2 is 2.33 bits per heavy atom. The van der Waals surface area contributed by atoms with Crippen LogP contribution in [-0.4, -0.2) is 4.98 Å². The Hall–Kier alpha value is -1.68. The second kappa shape index (κ2) is 4.23. The maximum atomic E-state index is 5.79. The summed E-state index contributed by atoms with van der Waals surface area (Å²) in [5.74, 6) is 1.45. The molecule has 78 valence electrons. The SMILES string of the molecule is Nc1coc(COc2cccc(Cl)c2)n1. The van der Waals surface area contributed by atoms with E-state index in [1.165, 1.54) is 6.26 Å². The molecule has 0 aliphatic heterocycles. The molecule has 0 amide bonds. The maximum Gasteiger partial charge on any atom is 0.234 e. The molecule has 0 radical (unpaired) electrons. The number of aromatic nitrogens is 1. The topological polar surface area (TPSA) is 61.3 Å². The van der Waals surface area contributed by atoms with E-state index in [1.54, 1.807) is 18.2 Å². The molecule has 0 unspecified atom stereocenters. The first kappa shape index (κ1) is 9.86. The van der Waals surface area contributed by atoms with Crippen molar-refractivity contribution in [3.63, 3.8) is 0 Å². The Bertz CT molecular complexity index is 456. The highest BCUT2D eigenvalue weighted by Gasteiger charge is 2.02. The Balaban J connectivity index is 1.99. The van der Waals surface area contributed by atoms with Gasteiger partial charge in [0.05, 0.1) is 0 Å². The minimum absolute atomic E-state index is 0.234. The Kier molecular flexibility index (Phi) is 2.78. The lowest BCUT2D eigenvalue weighted by molar-refractivity contribution is 0.263. The van der Waals surface area contributed by atoms with Gasteiger partial charge in [-0.25, -0.2) is 0 Å². The highest BCUT2D eigenvalue weighted by Crippen LogP contribution is 2.18. The van der Waals surface area contributed by atoms with Crippen molar-refractivity contribution in [2.75, 3.05) is 5.73 Å². The predicted octanol–water partition coefficient (Wildman–Crippen LogP) is 2.49. The summed E-state index contributed by atoms with van der Waals surface area (Å²) in [6.45, 7) is 0.234. The first-order valence-electron chi connectivity index (χ1n) is 4.32. The summed E-state index contributed by atoms with van der Waals surface area (Å²) in [5, 5.41) is 0.624. The van der Waals surface area contributed by atoms with Crippen LogP contribution in [0.25, 0.3) is 0 Å². The van der Waals surface area contributed by atoms with Crippen LogP contribution in [0.5, 0.6) is 5.75 Å². The molecule has 15 heavy (non-hydrogen) atoms. The molecule has 0 spiro atoms. The molecular formula is C10H9ClN2O2. The van der Waals surface area contributed by atoms with Gasteiger partial charge in [-0.1, -0.05) is 17.7 Å². The Morgan fingerprint density at radius 3 is 3.00 bits per heavy atom. The van der Waals surface area contributed by atoms with Gasteiger partial charge < -0.3 is 14.9 Å². The first-order chi connectivity index (χ1) is 7.24. The molecule has 2 N–H and O–H groups in total. The molecule has 1 aromatic carbocycles. The number of hydrogen-bond acceptors (Lipinski definition) is 4. The maximum absolute atomic E-state index is 5.79. The second-order valence-electron chi connectivity index (χ2n) is 2.91. The van der Waals surface area contributed by atoms with Crippen molar-refractivity contribution in [1.82, 2.24) is 4.98 Å². The van der Waals surface area contributed by atoms with Crippen molar-refractivity contribution in [3.05, 3.63) is 41.4 Å². The van der Waals surface area contributed by atoms with E-state index in [1.807, 2.05) is 6.07 Å². The van der Waals surface area contributed by atoms with Crippen LogP contribution in [0.15, 0.2) is 34.9 Å². The summed E-state index contributed by atoms with van der Waals surface area (Å²) < 4.78 is 10.4. The zero-order valence-electron chi connectivity index (χ0n) is 7.81. The van der Waals surface area contributed by atoms with Crippen molar-refractivity contribution in [2.24, 2.45) is 0 Å². The lowest BCUT2D eigenvalue weighted by atomic mass is 10.3. The van der Waals surface area contributed by atoms with E-state index < -0.39 is 0 Å². The summed E-state index contributed by atoms with van der Waals surface area (Å²) in [5.41, 5.74) is 5.39. The van der Waals surface area contributed by atoms with Crippen LogP contribution in [0.2, 0.25) is 5.02 Å². The molecule has 0 saturated carbocycles. The number of oxazole rings is 1. The number of rotatable bonds is 3. The number of nitrogens with zero attached hydrogens (tertiary/aromatic N) is 1. The Labute approximate surface area is 91.6 Å². The van der Waals surface area contributed by atoms with E-state index in [0.717, 1.165) is 0 Å². The van der Waals surface area contributed by atoms with E-state index in [4.69, 9.17) is 26.5 Å². The zero-order valence-corrected chi connectivity index (χ0v) is 8.57. The van der Waals surface area contributed by atoms with Crippen molar-refractivity contribution in [3.8, 4) is 5.75 Å². The molecule has 0 aliphatic rings. The van der Waals surface area contributed by atoms with E-state index in [2.05, 4.69) is 4.98 Å². The predicted molar refractivity (Wildman–Crippen MR) is 56.7 cm³/mol. The minimum Gasteiger partial charge on any atom is -0.484 e. The number of nitrogen functional groups attached to an aromatic ring is 1. The first-order valence-corrected chi connectivity index (χ1v) is 4.70. The quantitative estimate of drug-likeness (QED) is 0.870. The number of halogens is 1. The average molecular weight is 225 g/mol. The summed E-state index contributed by atoms with van der Waals surface area (Å²) >= 11 is 5.79. The summed E-state index contributed by atoms with van der Waals surface area (Å²) in [6.07, 6.45) is 1.37. The molecule has 1 heterocycles. The lowest BCUT2D eigenvalue weighted by Crippen LogP contribution is -1.96. The van der Waals surface area contributed by atoms with Crippen LogP contribution >= 0.6 is 11.6 Å². The average Bonchev–Trinajstić information content (AvgIpc) is 2.62. The summed E-state index contributed by atoms with van der Waals surface area (Å²) in [7, 11) is 0. The number of ether oxygens (including phenoxy) is 1. The molecule has 0 saturated heterocycles. The number of nitrogens with two attached hydrogens (primary N) is 1. The largest absolute Gasteiger partial charge is 0.484 e. The van der Waals surface area contributed by atoms with Crippen LogP contribution < -0.4 is 10.5 Å². The summed E-state index contributed by atoms with van der Waals surface area (Å²) in [6, 6.07) is 7.10. The molecule has 0 fully saturated rings. The zero-order chi connectivity index (χ0) is 10.7. The van der Waals surface area contributed by atoms with Crippen LogP contribution in [0.4, 0.5) is 5.82 Å². The van der Waals surface area contributed by atoms with Gasteiger partial charge in [-0.3, -0.25) is 0 Å². The minimum atomic E-state index is 0.234. The van der Waals surface area contributed by atoms with Crippen molar-refractivity contribution < 1.29 is 9.15 Å². The normalized spacial score (nSPS) is 10.2. The van der Waals surface area contributed by atoms with E-state index in [-0.39, 0.29) is 6.61 Å². The summed E-state index contributed by atoms with van der Waals surface area (Å²) in [4.78, 5) is 3.90. The highest BCUT2D eigenvalue weighted by molar-refractivity contribution is 6.30. The number of anilines is 1. The molecule has 0 aliphatic carbocycles. The third-order valence-electron chi connectivity index (χ3n) is 1.73. The molecular weight excluding hydrogens is 216 g/mol. The van der Waals surface area contributed by atoms with E-state index >= 15 is 0 Å². The van der Waals surface area contributed by atoms with Crippen LogP contribution in [0.1, 0.15) is 5.89 Å². The van der Waals surface area contributed by atoms with Crippen molar-refractivity contribution in [2.45, 2.75) is 6.61 Å².